The fraction of sp³-hybridized carbons (Fsp3) is 0. The van der Waals surface area contributed by atoms with Crippen molar-refractivity contribution >= 4 is 28.5 Å². The van der Waals surface area contributed by atoms with Crippen LogP contribution in [0.15, 0.2) is 36.7 Å². The van der Waals surface area contributed by atoms with Gasteiger partial charge in [0.15, 0.2) is 0 Å². The van der Waals surface area contributed by atoms with E-state index in [2.05, 4.69) is 10.3 Å². The topological polar surface area (TPSA) is 64.0 Å². The molecule has 0 saturated heterocycles. The lowest BCUT2D eigenvalue weighted by Crippen LogP contribution is -2.22. The number of amides is 2. The number of fused-ring (bicyclic) bond motifs is 1. The SMILES string of the molecule is O=C1C=C(n2cnc3ccccc32)C(=O)N1. The Hall–Kier alpha value is -2.43. The molecule has 0 unspecified atom stereocenters. The van der Waals surface area contributed by atoms with E-state index in [1.54, 1.807) is 4.57 Å². The van der Waals surface area contributed by atoms with Crippen molar-refractivity contribution in [2.45, 2.75) is 0 Å². The Morgan fingerprint density at radius 3 is 2.75 bits per heavy atom. The molecule has 0 radical (unpaired) electrons. The maximum Gasteiger partial charge on any atom is 0.275 e. The highest BCUT2D eigenvalue weighted by molar-refractivity contribution is 6.30. The van der Waals surface area contributed by atoms with Crippen LogP contribution in [0.1, 0.15) is 0 Å². The quantitative estimate of drug-likeness (QED) is 0.703. The van der Waals surface area contributed by atoms with Crippen LogP contribution < -0.4 is 5.32 Å². The van der Waals surface area contributed by atoms with E-state index in [0.717, 1.165) is 11.0 Å². The molecule has 1 aliphatic heterocycles. The molecule has 0 saturated carbocycles. The number of benzene rings is 1. The number of rotatable bonds is 1. The third-order valence-corrected chi connectivity index (χ3v) is 2.45. The van der Waals surface area contributed by atoms with Crippen molar-refractivity contribution in [2.75, 3.05) is 0 Å². The van der Waals surface area contributed by atoms with E-state index in [-0.39, 0.29) is 0 Å². The molecular formula is C11H7N3O2. The lowest BCUT2D eigenvalue weighted by molar-refractivity contribution is -0.123. The van der Waals surface area contributed by atoms with E-state index >= 15 is 0 Å². The largest absolute Gasteiger partial charge is 0.294 e. The van der Waals surface area contributed by atoms with Crippen LogP contribution in [0.2, 0.25) is 0 Å². The highest BCUT2D eigenvalue weighted by atomic mass is 16.2. The maximum atomic E-state index is 11.5. The van der Waals surface area contributed by atoms with Gasteiger partial charge in [-0.1, -0.05) is 12.1 Å². The summed E-state index contributed by atoms with van der Waals surface area (Å²) in [7, 11) is 0. The van der Waals surface area contributed by atoms with Gasteiger partial charge in [0, 0.05) is 6.08 Å². The van der Waals surface area contributed by atoms with Crippen LogP contribution in [0.5, 0.6) is 0 Å². The first-order valence-corrected chi connectivity index (χ1v) is 4.75. The van der Waals surface area contributed by atoms with Gasteiger partial charge in [0.25, 0.3) is 11.8 Å². The normalized spacial score (nSPS) is 15.4. The lowest BCUT2D eigenvalue weighted by atomic mass is 10.3. The minimum atomic E-state index is -0.395. The van der Waals surface area contributed by atoms with Crippen LogP contribution >= 0.6 is 0 Å². The van der Waals surface area contributed by atoms with Crippen molar-refractivity contribution in [3.8, 4) is 0 Å². The van der Waals surface area contributed by atoms with Crippen LogP contribution in [0, 0.1) is 0 Å². The van der Waals surface area contributed by atoms with Gasteiger partial charge in [-0.2, -0.15) is 0 Å². The van der Waals surface area contributed by atoms with Gasteiger partial charge in [-0.05, 0) is 12.1 Å². The van der Waals surface area contributed by atoms with Gasteiger partial charge in [0.05, 0.1) is 11.0 Å². The van der Waals surface area contributed by atoms with Gasteiger partial charge in [-0.3, -0.25) is 19.5 Å². The fourth-order valence-corrected chi connectivity index (χ4v) is 1.73. The Morgan fingerprint density at radius 2 is 2.00 bits per heavy atom. The van der Waals surface area contributed by atoms with E-state index in [1.165, 1.54) is 12.4 Å². The summed E-state index contributed by atoms with van der Waals surface area (Å²) < 4.78 is 1.61. The summed E-state index contributed by atoms with van der Waals surface area (Å²) in [4.78, 5) is 26.7. The standard InChI is InChI=1S/C11H7N3O2/c15-10-5-9(11(16)13-10)14-6-12-7-3-1-2-4-8(7)14/h1-6H,(H,13,15,16). The molecule has 3 rings (SSSR count). The summed E-state index contributed by atoms with van der Waals surface area (Å²) >= 11 is 0. The molecule has 0 spiro atoms. The first-order valence-electron chi connectivity index (χ1n) is 4.75. The number of aromatic nitrogens is 2. The number of carbonyl (C=O) groups excluding carboxylic acids is 2. The van der Waals surface area contributed by atoms with Crippen molar-refractivity contribution < 1.29 is 9.59 Å². The van der Waals surface area contributed by atoms with Crippen molar-refractivity contribution in [1.29, 1.82) is 0 Å². The molecule has 0 bridgehead atoms. The predicted octanol–water partition coefficient (Wildman–Crippen LogP) is 0.534. The summed E-state index contributed by atoms with van der Waals surface area (Å²) in [6.45, 7) is 0. The van der Waals surface area contributed by atoms with E-state index < -0.39 is 11.8 Å². The number of hydrogen-bond donors (Lipinski definition) is 1. The van der Waals surface area contributed by atoms with Gasteiger partial charge in [-0.25, -0.2) is 4.98 Å². The smallest absolute Gasteiger partial charge is 0.275 e. The minimum Gasteiger partial charge on any atom is -0.294 e. The first kappa shape index (κ1) is 8.84. The molecule has 78 valence electrons. The number of nitrogens with zero attached hydrogens (tertiary/aromatic N) is 2. The first-order chi connectivity index (χ1) is 7.75. The maximum absolute atomic E-state index is 11.5. The molecule has 0 atom stereocenters. The molecule has 5 heteroatoms. The van der Waals surface area contributed by atoms with Crippen LogP contribution in [0.25, 0.3) is 16.7 Å². The average molecular weight is 213 g/mol. The monoisotopic (exact) mass is 213 g/mol. The highest BCUT2D eigenvalue weighted by Crippen LogP contribution is 2.18. The molecular weight excluding hydrogens is 206 g/mol. The fourth-order valence-electron chi connectivity index (χ4n) is 1.73. The van der Waals surface area contributed by atoms with E-state index in [1.807, 2.05) is 24.3 Å². The summed E-state index contributed by atoms with van der Waals surface area (Å²) in [5, 5.41) is 2.20. The zero-order valence-electron chi connectivity index (χ0n) is 8.18. The van der Waals surface area contributed by atoms with Crippen LogP contribution in [0.3, 0.4) is 0 Å². The zero-order chi connectivity index (χ0) is 11.1. The van der Waals surface area contributed by atoms with E-state index in [9.17, 15) is 9.59 Å². The number of hydrogen-bond acceptors (Lipinski definition) is 3. The van der Waals surface area contributed by atoms with Gasteiger partial charge in [-0.15, -0.1) is 0 Å². The third kappa shape index (κ3) is 1.15. The average Bonchev–Trinajstić information content (AvgIpc) is 2.81. The molecule has 1 aromatic heterocycles. The summed E-state index contributed by atoms with van der Waals surface area (Å²) in [5.41, 5.74) is 1.90. The second-order valence-electron chi connectivity index (χ2n) is 3.45. The van der Waals surface area contributed by atoms with Gasteiger partial charge in [0.2, 0.25) is 0 Å². The van der Waals surface area contributed by atoms with Gasteiger partial charge >= 0.3 is 0 Å². The molecule has 1 aromatic carbocycles. The second-order valence-corrected chi connectivity index (χ2v) is 3.45. The Morgan fingerprint density at radius 1 is 1.19 bits per heavy atom. The molecule has 16 heavy (non-hydrogen) atoms. The number of imide groups is 1. The Balaban J connectivity index is 2.24. The molecule has 2 heterocycles. The summed E-state index contributed by atoms with van der Waals surface area (Å²) in [5.74, 6) is -0.786. The summed E-state index contributed by atoms with van der Waals surface area (Å²) in [6, 6.07) is 7.42. The lowest BCUT2D eigenvalue weighted by Gasteiger charge is -2.01. The van der Waals surface area contributed by atoms with Crippen LogP contribution in [-0.4, -0.2) is 21.4 Å². The van der Waals surface area contributed by atoms with Crippen molar-refractivity contribution in [3.05, 3.63) is 36.7 Å². The van der Waals surface area contributed by atoms with Crippen molar-refractivity contribution in [3.63, 3.8) is 0 Å². The highest BCUT2D eigenvalue weighted by Gasteiger charge is 2.23. The number of carbonyl (C=O) groups is 2. The molecule has 2 aromatic rings. The van der Waals surface area contributed by atoms with E-state index in [0.29, 0.717) is 5.70 Å². The number of para-hydroxylation sites is 2. The molecule has 1 aliphatic rings. The summed E-state index contributed by atoms with van der Waals surface area (Å²) in [6.07, 6.45) is 2.81. The zero-order valence-corrected chi connectivity index (χ0v) is 8.18. The molecule has 2 amide bonds. The predicted molar refractivity (Wildman–Crippen MR) is 57.2 cm³/mol. The van der Waals surface area contributed by atoms with Crippen molar-refractivity contribution in [1.82, 2.24) is 14.9 Å². The number of imidazole rings is 1. The number of nitrogens with one attached hydrogen (secondary N) is 1. The van der Waals surface area contributed by atoms with Gasteiger partial charge < -0.3 is 0 Å². The second kappa shape index (κ2) is 3.03. The third-order valence-electron chi connectivity index (χ3n) is 2.45. The molecule has 0 aliphatic carbocycles. The molecule has 0 fully saturated rings. The van der Waals surface area contributed by atoms with Crippen LogP contribution in [-0.2, 0) is 9.59 Å². The Kier molecular flexibility index (Phi) is 1.67. The van der Waals surface area contributed by atoms with Crippen molar-refractivity contribution in [2.24, 2.45) is 0 Å². The Bertz CT molecular complexity index is 639. The minimum absolute atomic E-state index is 0.304. The Labute approximate surface area is 90.4 Å². The molecule has 1 N–H and O–H groups in total. The molecule has 5 nitrogen and oxygen atoms in total. The van der Waals surface area contributed by atoms with Gasteiger partial charge in [0.1, 0.15) is 12.0 Å². The van der Waals surface area contributed by atoms with E-state index in [4.69, 9.17) is 0 Å². The van der Waals surface area contributed by atoms with Crippen LogP contribution in [0.4, 0.5) is 0 Å².